The average Bonchev–Trinajstić information content (AvgIpc) is 2.57. The zero-order valence-electron chi connectivity index (χ0n) is 10.8. The molecule has 0 aromatic heterocycles. The Kier molecular flexibility index (Phi) is 4.40. The molecule has 1 aliphatic carbocycles. The number of alkyl halides is 3. The van der Waals surface area contributed by atoms with Gasteiger partial charge in [-0.15, -0.1) is 6.58 Å². The molecule has 0 aromatic carbocycles. The molecule has 0 aliphatic heterocycles. The SMILES string of the molecule is C=CCC(=O)/C(=C1/CCC(C)(CO)C1=C)C(F)(F)F. The predicted molar refractivity (Wildman–Crippen MR) is 66.5 cm³/mol. The van der Waals surface area contributed by atoms with Crippen LogP contribution in [0.4, 0.5) is 13.2 Å². The lowest BCUT2D eigenvalue weighted by molar-refractivity contribution is -0.128. The van der Waals surface area contributed by atoms with Crippen LogP contribution < -0.4 is 0 Å². The van der Waals surface area contributed by atoms with Gasteiger partial charge >= 0.3 is 6.18 Å². The number of Topliss-reactive ketones (excluding diaryl/α,β-unsaturated/α-hetero) is 1. The van der Waals surface area contributed by atoms with Crippen LogP contribution in [-0.2, 0) is 4.79 Å². The first-order chi connectivity index (χ1) is 8.67. The third-order valence-electron chi connectivity index (χ3n) is 3.56. The topological polar surface area (TPSA) is 37.3 Å². The quantitative estimate of drug-likeness (QED) is 0.630. The van der Waals surface area contributed by atoms with Gasteiger partial charge in [-0.1, -0.05) is 19.6 Å². The van der Waals surface area contributed by atoms with E-state index in [0.717, 1.165) is 6.08 Å². The third kappa shape index (κ3) is 2.97. The Morgan fingerprint density at radius 1 is 1.53 bits per heavy atom. The van der Waals surface area contributed by atoms with Crippen LogP contribution in [0.15, 0.2) is 36.0 Å². The Morgan fingerprint density at radius 2 is 2.11 bits per heavy atom. The minimum atomic E-state index is -4.71. The Balaban J connectivity index is 3.32. The van der Waals surface area contributed by atoms with Gasteiger partial charge in [0.15, 0.2) is 5.78 Å². The van der Waals surface area contributed by atoms with Gasteiger partial charge in [0, 0.05) is 11.8 Å². The van der Waals surface area contributed by atoms with E-state index in [1.807, 2.05) is 0 Å². The van der Waals surface area contributed by atoms with E-state index in [1.165, 1.54) is 0 Å². The molecular formula is C14H17F3O2. The highest BCUT2D eigenvalue weighted by atomic mass is 19.4. The standard InChI is InChI=1S/C14H17F3O2/c1-4-5-11(19)12(14(15,16)17)10-6-7-13(3,8-18)9(10)2/h4,18H,1-2,5-8H2,3H3/b12-10+. The Bertz CT molecular complexity index is 446. The van der Waals surface area contributed by atoms with Crippen molar-refractivity contribution < 1.29 is 23.1 Å². The number of ketones is 1. The first kappa shape index (κ1) is 15.7. The van der Waals surface area contributed by atoms with Crippen LogP contribution in [0.2, 0.25) is 0 Å². The van der Waals surface area contributed by atoms with Crippen molar-refractivity contribution in [3.63, 3.8) is 0 Å². The summed E-state index contributed by atoms with van der Waals surface area (Å²) >= 11 is 0. The molecule has 1 rings (SSSR count). The number of hydrogen-bond acceptors (Lipinski definition) is 2. The maximum Gasteiger partial charge on any atom is 0.420 e. The van der Waals surface area contributed by atoms with Gasteiger partial charge in [0.2, 0.25) is 0 Å². The lowest BCUT2D eigenvalue weighted by Crippen LogP contribution is -2.24. The van der Waals surface area contributed by atoms with Gasteiger partial charge < -0.3 is 5.11 Å². The molecule has 106 valence electrons. The van der Waals surface area contributed by atoms with Crippen molar-refractivity contribution in [3.05, 3.63) is 36.0 Å². The molecule has 0 heterocycles. The highest BCUT2D eigenvalue weighted by Gasteiger charge is 2.45. The molecule has 0 bridgehead atoms. The van der Waals surface area contributed by atoms with E-state index in [-0.39, 0.29) is 30.6 Å². The number of hydrogen-bond donors (Lipinski definition) is 1. The second-order valence-electron chi connectivity index (χ2n) is 4.96. The fourth-order valence-electron chi connectivity index (χ4n) is 2.25. The van der Waals surface area contributed by atoms with Crippen molar-refractivity contribution in [1.82, 2.24) is 0 Å². The normalized spacial score (nSPS) is 26.5. The summed E-state index contributed by atoms with van der Waals surface area (Å²) in [6.07, 6.45) is -3.45. The smallest absolute Gasteiger partial charge is 0.395 e. The van der Waals surface area contributed by atoms with Gasteiger partial charge in [0.1, 0.15) is 5.57 Å². The average molecular weight is 274 g/mol. The van der Waals surface area contributed by atoms with Crippen LogP contribution in [0, 0.1) is 5.41 Å². The second kappa shape index (κ2) is 5.33. The molecule has 0 radical (unpaired) electrons. The lowest BCUT2D eigenvalue weighted by atomic mass is 9.84. The number of rotatable bonds is 4. The van der Waals surface area contributed by atoms with Crippen LogP contribution in [-0.4, -0.2) is 23.7 Å². The highest BCUT2D eigenvalue weighted by molar-refractivity contribution is 5.99. The zero-order valence-corrected chi connectivity index (χ0v) is 10.8. The van der Waals surface area contributed by atoms with Crippen molar-refractivity contribution >= 4 is 5.78 Å². The van der Waals surface area contributed by atoms with Crippen molar-refractivity contribution in [1.29, 1.82) is 0 Å². The second-order valence-corrected chi connectivity index (χ2v) is 4.96. The fourth-order valence-corrected chi connectivity index (χ4v) is 2.25. The molecule has 1 aliphatic rings. The van der Waals surface area contributed by atoms with Gasteiger partial charge in [-0.25, -0.2) is 0 Å². The molecule has 0 saturated heterocycles. The number of carbonyl (C=O) groups excluding carboxylic acids is 1. The van der Waals surface area contributed by atoms with Gasteiger partial charge in [-0.3, -0.25) is 4.79 Å². The summed E-state index contributed by atoms with van der Waals surface area (Å²) in [5.41, 5.74) is -1.79. The van der Waals surface area contributed by atoms with Gasteiger partial charge in [-0.2, -0.15) is 13.2 Å². The maximum atomic E-state index is 13.1. The molecular weight excluding hydrogens is 257 g/mol. The summed E-state index contributed by atoms with van der Waals surface area (Å²) in [6, 6.07) is 0. The number of allylic oxidation sites excluding steroid dienone is 3. The molecule has 1 unspecified atom stereocenters. The first-order valence-electron chi connectivity index (χ1n) is 5.92. The van der Waals surface area contributed by atoms with Crippen molar-refractivity contribution in [3.8, 4) is 0 Å². The van der Waals surface area contributed by atoms with E-state index in [9.17, 15) is 23.1 Å². The molecule has 0 amide bonds. The van der Waals surface area contributed by atoms with Gasteiger partial charge in [0.05, 0.1) is 6.61 Å². The van der Waals surface area contributed by atoms with E-state index in [2.05, 4.69) is 13.2 Å². The minimum absolute atomic E-state index is 0.0732. The molecule has 19 heavy (non-hydrogen) atoms. The molecule has 2 nitrogen and oxygen atoms in total. The third-order valence-corrected chi connectivity index (χ3v) is 3.56. The van der Waals surface area contributed by atoms with E-state index in [0.29, 0.717) is 6.42 Å². The minimum Gasteiger partial charge on any atom is -0.395 e. The van der Waals surface area contributed by atoms with Crippen molar-refractivity contribution in [2.75, 3.05) is 6.61 Å². The van der Waals surface area contributed by atoms with Crippen molar-refractivity contribution in [2.45, 2.75) is 32.4 Å². The summed E-state index contributed by atoms with van der Waals surface area (Å²) in [5, 5.41) is 9.27. The predicted octanol–water partition coefficient (Wildman–Crippen LogP) is 3.34. The molecule has 1 saturated carbocycles. The molecule has 0 aromatic rings. The fraction of sp³-hybridized carbons (Fsp3) is 0.500. The number of halogens is 3. The highest BCUT2D eigenvalue weighted by Crippen LogP contribution is 2.48. The zero-order chi connectivity index (χ0) is 14.8. The molecule has 0 spiro atoms. The van der Waals surface area contributed by atoms with Crippen LogP contribution in [0.1, 0.15) is 26.2 Å². The number of carbonyl (C=O) groups is 1. The summed E-state index contributed by atoms with van der Waals surface area (Å²) in [6.45, 7) is 8.29. The lowest BCUT2D eigenvalue weighted by Gasteiger charge is -2.23. The summed E-state index contributed by atoms with van der Waals surface area (Å²) in [7, 11) is 0. The van der Waals surface area contributed by atoms with Crippen LogP contribution in [0.25, 0.3) is 0 Å². The Hall–Kier alpha value is -1.36. The van der Waals surface area contributed by atoms with Crippen molar-refractivity contribution in [2.24, 2.45) is 5.41 Å². The number of aliphatic hydroxyl groups is 1. The first-order valence-corrected chi connectivity index (χ1v) is 5.92. The van der Waals surface area contributed by atoms with Crippen LogP contribution >= 0.6 is 0 Å². The molecule has 5 heteroatoms. The van der Waals surface area contributed by atoms with Crippen LogP contribution in [0.5, 0.6) is 0 Å². The van der Waals surface area contributed by atoms with E-state index in [4.69, 9.17) is 0 Å². The van der Waals surface area contributed by atoms with E-state index in [1.54, 1.807) is 6.92 Å². The summed E-state index contributed by atoms with van der Waals surface area (Å²) in [5.74, 6) is -0.999. The summed E-state index contributed by atoms with van der Waals surface area (Å²) in [4.78, 5) is 11.7. The number of aliphatic hydroxyl groups excluding tert-OH is 1. The largest absolute Gasteiger partial charge is 0.420 e. The Labute approximate surface area is 110 Å². The maximum absolute atomic E-state index is 13.1. The van der Waals surface area contributed by atoms with E-state index >= 15 is 0 Å². The van der Waals surface area contributed by atoms with E-state index < -0.39 is 22.9 Å². The summed E-state index contributed by atoms with van der Waals surface area (Å²) < 4.78 is 39.2. The molecule has 1 atom stereocenters. The molecule has 1 N–H and O–H groups in total. The van der Waals surface area contributed by atoms with Gasteiger partial charge in [-0.05, 0) is 24.0 Å². The van der Waals surface area contributed by atoms with Crippen LogP contribution in [0.3, 0.4) is 0 Å². The monoisotopic (exact) mass is 274 g/mol. The molecule has 1 fully saturated rings. The van der Waals surface area contributed by atoms with Gasteiger partial charge in [0.25, 0.3) is 0 Å². The Morgan fingerprint density at radius 3 is 2.47 bits per heavy atom.